The number of rotatable bonds is 5. The Labute approximate surface area is 79.9 Å². The van der Waals surface area contributed by atoms with Gasteiger partial charge in [0.15, 0.2) is 0 Å². The second kappa shape index (κ2) is 5.18. The van der Waals surface area contributed by atoms with Crippen LogP contribution in [-0.4, -0.2) is 40.1 Å². The van der Waals surface area contributed by atoms with E-state index in [4.69, 9.17) is 15.9 Å². The van der Waals surface area contributed by atoms with Gasteiger partial charge in [0, 0.05) is 0 Å². The summed E-state index contributed by atoms with van der Waals surface area (Å²) in [5.41, 5.74) is 5.16. The van der Waals surface area contributed by atoms with Crippen LogP contribution in [0.25, 0.3) is 0 Å². The van der Waals surface area contributed by atoms with Gasteiger partial charge in [0.05, 0.1) is 12.5 Å². The number of hydrogen-bond acceptors (Lipinski definition) is 4. The topological polar surface area (TPSA) is 130 Å². The highest BCUT2D eigenvalue weighted by Crippen LogP contribution is 1.93. The molecule has 2 unspecified atom stereocenters. The Bertz CT molecular complexity index is 250. The Morgan fingerprint density at radius 2 is 1.86 bits per heavy atom. The van der Waals surface area contributed by atoms with Gasteiger partial charge in [-0.25, -0.2) is 4.79 Å². The molecule has 0 aliphatic rings. The molecular weight excluding hydrogens is 192 g/mol. The normalized spacial score (nSPS) is 14.1. The summed E-state index contributed by atoms with van der Waals surface area (Å²) in [6.45, 7) is 1.37. The van der Waals surface area contributed by atoms with Gasteiger partial charge < -0.3 is 21.3 Å². The molecule has 0 saturated heterocycles. The van der Waals surface area contributed by atoms with Crippen LogP contribution in [0, 0.1) is 0 Å². The van der Waals surface area contributed by atoms with Crippen LogP contribution < -0.4 is 11.1 Å². The van der Waals surface area contributed by atoms with Crippen molar-refractivity contribution in [3.8, 4) is 0 Å². The molecule has 0 radical (unpaired) electrons. The first-order chi connectivity index (χ1) is 6.34. The van der Waals surface area contributed by atoms with Crippen LogP contribution in [0.2, 0.25) is 0 Å². The zero-order chi connectivity index (χ0) is 11.3. The van der Waals surface area contributed by atoms with E-state index in [9.17, 15) is 14.4 Å². The molecule has 5 N–H and O–H groups in total. The van der Waals surface area contributed by atoms with Crippen molar-refractivity contribution in [1.82, 2.24) is 5.32 Å². The number of nitrogens with two attached hydrogens (primary N) is 1. The molecule has 2 atom stereocenters. The Morgan fingerprint density at radius 1 is 1.36 bits per heavy atom. The number of carboxylic acid groups (broad SMARTS) is 2. The molecule has 0 aliphatic heterocycles. The van der Waals surface area contributed by atoms with Crippen LogP contribution in [0.3, 0.4) is 0 Å². The number of nitrogens with one attached hydrogen (secondary N) is 1. The number of aliphatic carboxylic acids is 2. The van der Waals surface area contributed by atoms with Crippen LogP contribution in [0.5, 0.6) is 0 Å². The highest BCUT2D eigenvalue weighted by atomic mass is 16.4. The molecule has 0 spiro atoms. The van der Waals surface area contributed by atoms with Crippen molar-refractivity contribution in [3.63, 3.8) is 0 Å². The third-order valence-electron chi connectivity index (χ3n) is 1.41. The van der Waals surface area contributed by atoms with Crippen LogP contribution in [0.1, 0.15) is 13.3 Å². The fourth-order valence-corrected chi connectivity index (χ4v) is 0.678. The van der Waals surface area contributed by atoms with E-state index in [2.05, 4.69) is 0 Å². The summed E-state index contributed by atoms with van der Waals surface area (Å²) in [6, 6.07) is -2.31. The fraction of sp³-hybridized carbons (Fsp3) is 0.571. The fourth-order valence-electron chi connectivity index (χ4n) is 0.678. The first-order valence-electron chi connectivity index (χ1n) is 3.85. The van der Waals surface area contributed by atoms with Crippen molar-refractivity contribution in [2.75, 3.05) is 0 Å². The van der Waals surface area contributed by atoms with E-state index in [1.165, 1.54) is 6.92 Å². The molecule has 0 aromatic rings. The van der Waals surface area contributed by atoms with Crippen LogP contribution in [-0.2, 0) is 14.4 Å². The molecule has 0 aliphatic carbocycles. The lowest BCUT2D eigenvalue weighted by atomic mass is 10.2. The average molecular weight is 204 g/mol. The summed E-state index contributed by atoms with van der Waals surface area (Å²) in [6.07, 6.45) is -0.673. The highest BCUT2D eigenvalue weighted by Gasteiger charge is 2.23. The number of carbonyl (C=O) groups is 3. The molecule has 14 heavy (non-hydrogen) atoms. The summed E-state index contributed by atoms with van der Waals surface area (Å²) in [5.74, 6) is -3.40. The zero-order valence-electron chi connectivity index (χ0n) is 7.56. The van der Waals surface area contributed by atoms with Crippen molar-refractivity contribution in [2.45, 2.75) is 25.4 Å². The predicted molar refractivity (Wildman–Crippen MR) is 45.5 cm³/mol. The smallest absolute Gasteiger partial charge is 0.326 e. The first-order valence-corrected chi connectivity index (χ1v) is 3.85. The van der Waals surface area contributed by atoms with Crippen LogP contribution >= 0.6 is 0 Å². The largest absolute Gasteiger partial charge is 0.481 e. The monoisotopic (exact) mass is 204 g/mol. The molecule has 0 heterocycles. The van der Waals surface area contributed by atoms with E-state index in [0.717, 1.165) is 0 Å². The van der Waals surface area contributed by atoms with Gasteiger partial charge in [-0.05, 0) is 6.92 Å². The summed E-state index contributed by atoms with van der Waals surface area (Å²) in [7, 11) is 0. The Balaban J connectivity index is 4.31. The van der Waals surface area contributed by atoms with Crippen molar-refractivity contribution in [3.05, 3.63) is 0 Å². The molecule has 80 valence electrons. The quantitative estimate of drug-likeness (QED) is 0.425. The lowest BCUT2D eigenvalue weighted by Crippen LogP contribution is -2.48. The molecule has 7 nitrogen and oxygen atoms in total. The van der Waals surface area contributed by atoms with Crippen LogP contribution in [0.15, 0.2) is 0 Å². The molecule has 0 fully saturated rings. The molecular formula is C7H12N2O5. The maximum Gasteiger partial charge on any atom is 0.326 e. The van der Waals surface area contributed by atoms with Crippen molar-refractivity contribution >= 4 is 17.8 Å². The molecule has 7 heteroatoms. The van der Waals surface area contributed by atoms with Gasteiger partial charge in [0.2, 0.25) is 5.91 Å². The van der Waals surface area contributed by atoms with Crippen molar-refractivity contribution in [1.29, 1.82) is 0 Å². The average Bonchev–Trinajstić information content (AvgIpc) is 2.01. The molecule has 0 bridgehead atoms. The molecule has 0 rings (SSSR count). The van der Waals surface area contributed by atoms with Gasteiger partial charge in [0.25, 0.3) is 0 Å². The molecule has 1 amide bonds. The summed E-state index contributed by atoms with van der Waals surface area (Å²) in [5, 5.41) is 18.9. The summed E-state index contributed by atoms with van der Waals surface area (Å²) >= 11 is 0. The SMILES string of the molecule is CC(N)C(=O)NC(CC(=O)O)C(=O)O. The maximum atomic E-state index is 10.9. The van der Waals surface area contributed by atoms with E-state index in [0.29, 0.717) is 0 Å². The molecule has 0 aromatic carbocycles. The Morgan fingerprint density at radius 3 is 2.14 bits per heavy atom. The van der Waals surface area contributed by atoms with Crippen molar-refractivity contribution in [2.24, 2.45) is 5.73 Å². The van der Waals surface area contributed by atoms with E-state index < -0.39 is 36.4 Å². The third kappa shape index (κ3) is 4.41. The molecule has 0 aromatic heterocycles. The van der Waals surface area contributed by atoms with Gasteiger partial charge in [-0.1, -0.05) is 0 Å². The van der Waals surface area contributed by atoms with Gasteiger partial charge >= 0.3 is 11.9 Å². The number of carbonyl (C=O) groups excluding carboxylic acids is 1. The minimum absolute atomic E-state index is 0.673. The standard InChI is InChI=1S/C7H12N2O5/c1-3(8)6(12)9-4(7(13)14)2-5(10)11/h3-4H,2,8H2,1H3,(H,9,12)(H,10,11)(H,13,14). The van der Waals surface area contributed by atoms with Gasteiger partial charge in [-0.2, -0.15) is 0 Å². The maximum absolute atomic E-state index is 10.9. The van der Waals surface area contributed by atoms with E-state index in [1.807, 2.05) is 5.32 Å². The van der Waals surface area contributed by atoms with E-state index in [1.54, 1.807) is 0 Å². The van der Waals surface area contributed by atoms with Crippen molar-refractivity contribution < 1.29 is 24.6 Å². The second-order valence-electron chi connectivity index (χ2n) is 2.79. The Kier molecular flexibility index (Phi) is 4.57. The minimum Gasteiger partial charge on any atom is -0.481 e. The second-order valence-corrected chi connectivity index (χ2v) is 2.79. The number of hydrogen-bond donors (Lipinski definition) is 4. The van der Waals surface area contributed by atoms with E-state index in [-0.39, 0.29) is 0 Å². The van der Waals surface area contributed by atoms with Gasteiger partial charge in [-0.15, -0.1) is 0 Å². The lowest BCUT2D eigenvalue weighted by Gasteiger charge is -2.13. The minimum atomic E-state index is -1.44. The highest BCUT2D eigenvalue weighted by molar-refractivity contribution is 5.88. The lowest BCUT2D eigenvalue weighted by molar-refractivity contribution is -0.147. The van der Waals surface area contributed by atoms with Gasteiger partial charge in [0.1, 0.15) is 6.04 Å². The Hall–Kier alpha value is -1.63. The summed E-state index contributed by atoms with van der Waals surface area (Å²) < 4.78 is 0. The zero-order valence-corrected chi connectivity index (χ0v) is 7.56. The first kappa shape index (κ1) is 12.4. The van der Waals surface area contributed by atoms with E-state index >= 15 is 0 Å². The number of carboxylic acids is 2. The molecule has 0 saturated carbocycles. The van der Waals surface area contributed by atoms with Gasteiger partial charge in [-0.3, -0.25) is 9.59 Å². The third-order valence-corrected chi connectivity index (χ3v) is 1.41. The van der Waals surface area contributed by atoms with Crippen LogP contribution in [0.4, 0.5) is 0 Å². The number of amides is 1. The predicted octanol–water partition coefficient (Wildman–Crippen LogP) is -1.62. The summed E-state index contributed by atoms with van der Waals surface area (Å²) in [4.78, 5) is 31.6.